The number of halogens is 5. The van der Waals surface area contributed by atoms with Gasteiger partial charge in [-0.1, -0.05) is 41.4 Å². The molecular formula is C26H24Cl2F3N3O2. The van der Waals surface area contributed by atoms with E-state index in [0.717, 1.165) is 31.7 Å². The normalized spacial score (nSPS) is 14.7. The van der Waals surface area contributed by atoms with Crippen molar-refractivity contribution in [2.75, 3.05) is 7.11 Å². The highest BCUT2D eigenvalue weighted by molar-refractivity contribution is 6.38. The third kappa shape index (κ3) is 6.23. The fourth-order valence-corrected chi connectivity index (χ4v) is 4.51. The zero-order chi connectivity index (χ0) is 25.7. The highest BCUT2D eigenvalue weighted by Crippen LogP contribution is 2.36. The second kappa shape index (κ2) is 11.4. The van der Waals surface area contributed by atoms with E-state index in [1.54, 1.807) is 31.4 Å². The first-order valence-corrected chi connectivity index (χ1v) is 12.1. The minimum absolute atomic E-state index is 0.0700. The number of methoxy groups -OCH3 is 1. The molecule has 1 saturated carbocycles. The molecule has 0 unspecified atom stereocenters. The molecule has 1 aliphatic carbocycles. The van der Waals surface area contributed by atoms with Crippen molar-refractivity contribution in [2.24, 2.45) is 4.99 Å². The monoisotopic (exact) mass is 537 g/mol. The predicted molar refractivity (Wildman–Crippen MR) is 135 cm³/mol. The van der Waals surface area contributed by atoms with Crippen molar-refractivity contribution < 1.29 is 22.6 Å². The van der Waals surface area contributed by atoms with Crippen LogP contribution in [0.25, 0.3) is 0 Å². The summed E-state index contributed by atoms with van der Waals surface area (Å²) < 4.78 is 52.3. The van der Waals surface area contributed by atoms with Crippen molar-refractivity contribution in [3.05, 3.63) is 81.6 Å². The number of benzene rings is 2. The van der Waals surface area contributed by atoms with Gasteiger partial charge >= 0.3 is 6.18 Å². The first-order valence-electron chi connectivity index (χ1n) is 11.4. The van der Waals surface area contributed by atoms with Crippen LogP contribution in [0, 0.1) is 0 Å². The number of hydrogen-bond donors (Lipinski definition) is 1. The number of amidine groups is 1. The first kappa shape index (κ1) is 26.1. The Morgan fingerprint density at radius 1 is 1.06 bits per heavy atom. The lowest BCUT2D eigenvalue weighted by atomic mass is 10.1. The predicted octanol–water partition coefficient (Wildman–Crippen LogP) is 7.61. The summed E-state index contributed by atoms with van der Waals surface area (Å²) in [6, 6.07) is 10.6. The molecule has 0 bridgehead atoms. The third-order valence-corrected chi connectivity index (χ3v) is 6.41. The fourth-order valence-electron chi connectivity index (χ4n) is 4.06. The highest BCUT2D eigenvalue weighted by Gasteiger charge is 2.32. The SMILES string of the molecule is COc1ccc(C(=Nc2c(Cl)cncc2Cl)NCc2ccccc2C(F)(F)F)cc1OC1CCCC1. The van der Waals surface area contributed by atoms with Gasteiger partial charge in [-0.3, -0.25) is 4.98 Å². The number of ether oxygens (including phenoxy) is 2. The van der Waals surface area contributed by atoms with Crippen LogP contribution in [0.3, 0.4) is 0 Å². The van der Waals surface area contributed by atoms with Gasteiger partial charge in [-0.25, -0.2) is 4.99 Å². The van der Waals surface area contributed by atoms with E-state index in [4.69, 9.17) is 32.7 Å². The number of nitrogens with one attached hydrogen (secondary N) is 1. The van der Waals surface area contributed by atoms with E-state index < -0.39 is 11.7 Å². The molecule has 1 aliphatic rings. The van der Waals surface area contributed by atoms with Crippen LogP contribution in [0.1, 0.15) is 42.4 Å². The Kier molecular flexibility index (Phi) is 8.26. The number of nitrogens with zero attached hydrogens (tertiary/aromatic N) is 2. The lowest BCUT2D eigenvalue weighted by molar-refractivity contribution is -0.138. The van der Waals surface area contributed by atoms with Crippen LogP contribution in [0.2, 0.25) is 10.0 Å². The Bertz CT molecular complexity index is 1230. The molecule has 5 nitrogen and oxygen atoms in total. The minimum Gasteiger partial charge on any atom is -0.493 e. The molecule has 1 fully saturated rings. The summed E-state index contributed by atoms with van der Waals surface area (Å²) in [5.74, 6) is 1.34. The fraction of sp³-hybridized carbons (Fsp3) is 0.308. The van der Waals surface area contributed by atoms with E-state index >= 15 is 0 Å². The van der Waals surface area contributed by atoms with E-state index in [1.165, 1.54) is 24.5 Å². The average molecular weight is 538 g/mol. The van der Waals surface area contributed by atoms with Gasteiger partial charge in [0, 0.05) is 24.5 Å². The molecule has 1 heterocycles. The van der Waals surface area contributed by atoms with Gasteiger partial charge in [-0.05, 0) is 55.5 Å². The molecule has 2 aromatic carbocycles. The second-order valence-electron chi connectivity index (χ2n) is 8.31. The summed E-state index contributed by atoms with van der Waals surface area (Å²) in [6.07, 6.45) is 2.46. The Morgan fingerprint density at radius 2 is 1.75 bits per heavy atom. The molecule has 0 aliphatic heterocycles. The number of alkyl halides is 3. The van der Waals surface area contributed by atoms with Gasteiger partial charge in [-0.2, -0.15) is 13.2 Å². The van der Waals surface area contributed by atoms with Crippen molar-refractivity contribution in [3.63, 3.8) is 0 Å². The van der Waals surface area contributed by atoms with Gasteiger partial charge in [0.1, 0.15) is 11.5 Å². The molecule has 0 saturated heterocycles. The van der Waals surface area contributed by atoms with Gasteiger partial charge in [0.2, 0.25) is 0 Å². The summed E-state index contributed by atoms with van der Waals surface area (Å²) in [5.41, 5.74) is 0.156. The largest absolute Gasteiger partial charge is 0.493 e. The molecule has 0 radical (unpaired) electrons. The second-order valence-corrected chi connectivity index (χ2v) is 9.12. The van der Waals surface area contributed by atoms with Crippen LogP contribution in [-0.2, 0) is 12.7 Å². The van der Waals surface area contributed by atoms with Gasteiger partial charge in [0.05, 0.1) is 28.8 Å². The number of pyridine rings is 1. The summed E-state index contributed by atoms with van der Waals surface area (Å²) in [6.45, 7) is -0.139. The number of hydrogen-bond acceptors (Lipinski definition) is 4. The van der Waals surface area contributed by atoms with Crippen LogP contribution in [0.5, 0.6) is 11.5 Å². The molecular weight excluding hydrogens is 514 g/mol. The van der Waals surface area contributed by atoms with Crippen molar-refractivity contribution >= 4 is 34.7 Å². The minimum atomic E-state index is -4.49. The van der Waals surface area contributed by atoms with E-state index in [2.05, 4.69) is 15.3 Å². The van der Waals surface area contributed by atoms with E-state index in [9.17, 15) is 13.2 Å². The summed E-state index contributed by atoms with van der Waals surface area (Å²) in [4.78, 5) is 8.52. The molecule has 0 amide bonds. The summed E-state index contributed by atoms with van der Waals surface area (Å²) in [7, 11) is 1.55. The van der Waals surface area contributed by atoms with E-state index in [0.29, 0.717) is 17.1 Å². The van der Waals surface area contributed by atoms with E-state index in [-0.39, 0.29) is 39.8 Å². The van der Waals surface area contributed by atoms with Crippen LogP contribution in [-0.4, -0.2) is 24.0 Å². The highest BCUT2D eigenvalue weighted by atomic mass is 35.5. The van der Waals surface area contributed by atoms with Crippen LogP contribution in [0.15, 0.2) is 59.9 Å². The topological polar surface area (TPSA) is 55.7 Å². The van der Waals surface area contributed by atoms with Crippen molar-refractivity contribution in [2.45, 2.75) is 44.5 Å². The Morgan fingerprint density at radius 3 is 2.42 bits per heavy atom. The van der Waals surface area contributed by atoms with Crippen LogP contribution >= 0.6 is 23.2 Å². The van der Waals surface area contributed by atoms with Gasteiger partial charge in [-0.15, -0.1) is 0 Å². The quantitative estimate of drug-likeness (QED) is 0.249. The van der Waals surface area contributed by atoms with Crippen LogP contribution < -0.4 is 14.8 Å². The van der Waals surface area contributed by atoms with Gasteiger partial charge in [0.15, 0.2) is 11.5 Å². The number of aromatic nitrogens is 1. The lowest BCUT2D eigenvalue weighted by Crippen LogP contribution is -2.25. The molecule has 0 spiro atoms. The summed E-state index contributed by atoms with van der Waals surface area (Å²) >= 11 is 12.6. The molecule has 3 aromatic rings. The molecule has 10 heteroatoms. The third-order valence-electron chi connectivity index (χ3n) is 5.85. The molecule has 1 aromatic heterocycles. The standard InChI is InChI=1S/C26H24Cl2F3N3O2/c1-35-22-11-10-16(12-23(22)36-18-7-3-4-8-18)25(34-24-20(27)14-32-15-21(24)28)33-13-17-6-2-5-9-19(17)26(29,30)31/h2,5-6,9-12,14-15,18H,3-4,7-8,13H2,1H3,(H,32,33,34). The van der Waals surface area contributed by atoms with E-state index in [1.807, 2.05) is 0 Å². The zero-order valence-electron chi connectivity index (χ0n) is 19.4. The maximum atomic E-state index is 13.5. The van der Waals surface area contributed by atoms with Crippen molar-refractivity contribution in [3.8, 4) is 11.5 Å². The van der Waals surface area contributed by atoms with Crippen LogP contribution in [0.4, 0.5) is 18.9 Å². The number of rotatable bonds is 7. The van der Waals surface area contributed by atoms with Crippen molar-refractivity contribution in [1.82, 2.24) is 10.3 Å². The maximum Gasteiger partial charge on any atom is 0.416 e. The Hall–Kier alpha value is -2.97. The maximum absolute atomic E-state index is 13.5. The number of aliphatic imine (C=N–C) groups is 1. The zero-order valence-corrected chi connectivity index (χ0v) is 20.9. The average Bonchev–Trinajstić information content (AvgIpc) is 3.36. The molecule has 0 atom stereocenters. The van der Waals surface area contributed by atoms with Gasteiger partial charge in [0.25, 0.3) is 0 Å². The van der Waals surface area contributed by atoms with Crippen molar-refractivity contribution in [1.29, 1.82) is 0 Å². The summed E-state index contributed by atoms with van der Waals surface area (Å²) in [5, 5.41) is 3.45. The van der Waals surface area contributed by atoms with Gasteiger partial charge < -0.3 is 14.8 Å². The lowest BCUT2D eigenvalue weighted by Gasteiger charge is -2.19. The molecule has 190 valence electrons. The molecule has 36 heavy (non-hydrogen) atoms. The smallest absolute Gasteiger partial charge is 0.416 e. The Balaban J connectivity index is 1.73. The molecule has 1 N–H and O–H groups in total. The first-order chi connectivity index (χ1) is 17.3. The molecule has 4 rings (SSSR count). The Labute approximate surface area is 217 Å².